The van der Waals surface area contributed by atoms with Crippen molar-refractivity contribution < 1.29 is 9.53 Å². The highest BCUT2D eigenvalue weighted by Crippen LogP contribution is 2.29. The average Bonchev–Trinajstić information content (AvgIpc) is 3.00. The molecule has 0 bridgehead atoms. The summed E-state index contributed by atoms with van der Waals surface area (Å²) in [7, 11) is 1.91. The Labute approximate surface area is 114 Å². The second-order valence-corrected chi connectivity index (χ2v) is 6.24. The summed E-state index contributed by atoms with van der Waals surface area (Å²) in [6, 6.07) is 2.34. The number of carbonyl (C=O) groups is 1. The van der Waals surface area contributed by atoms with Crippen LogP contribution in [0.1, 0.15) is 45.0 Å². The molecule has 19 heavy (non-hydrogen) atoms. The van der Waals surface area contributed by atoms with E-state index >= 15 is 0 Å². The van der Waals surface area contributed by atoms with Crippen molar-refractivity contribution in [3.8, 4) is 0 Å². The molecule has 5 nitrogen and oxygen atoms in total. The summed E-state index contributed by atoms with van der Waals surface area (Å²) in [5.41, 5.74) is 1.56. The lowest BCUT2D eigenvalue weighted by atomic mass is 10.2. The van der Waals surface area contributed by atoms with Gasteiger partial charge in [0.2, 0.25) is 0 Å². The lowest BCUT2D eigenvalue weighted by molar-refractivity contribution is 0.0212. The average molecular weight is 265 g/mol. The SMILES string of the molecule is Cc1cc(CN(C(=O)OC(C)(C)C)C2CC2)n(C)n1. The van der Waals surface area contributed by atoms with Crippen LogP contribution < -0.4 is 0 Å². The summed E-state index contributed by atoms with van der Waals surface area (Å²) in [6.45, 7) is 8.20. The summed E-state index contributed by atoms with van der Waals surface area (Å²) in [6.07, 6.45) is 1.90. The maximum atomic E-state index is 12.2. The minimum absolute atomic E-state index is 0.228. The monoisotopic (exact) mass is 265 g/mol. The second-order valence-electron chi connectivity index (χ2n) is 6.24. The third kappa shape index (κ3) is 3.72. The topological polar surface area (TPSA) is 47.4 Å². The molecule has 1 aliphatic carbocycles. The molecule has 1 fully saturated rings. The van der Waals surface area contributed by atoms with E-state index in [4.69, 9.17) is 4.74 Å². The van der Waals surface area contributed by atoms with Crippen LogP contribution in [0.4, 0.5) is 4.79 Å². The standard InChI is InChI=1S/C14H23N3O2/c1-10-8-12(16(5)15-10)9-17(11-6-7-11)13(18)19-14(2,3)4/h8,11H,6-7,9H2,1-5H3. The van der Waals surface area contributed by atoms with Crippen LogP contribution in [0.5, 0.6) is 0 Å². The molecule has 1 aliphatic rings. The Morgan fingerprint density at radius 1 is 1.53 bits per heavy atom. The minimum Gasteiger partial charge on any atom is -0.444 e. The number of nitrogens with zero attached hydrogens (tertiary/aromatic N) is 3. The van der Waals surface area contributed by atoms with Gasteiger partial charge >= 0.3 is 6.09 Å². The first-order valence-corrected chi connectivity index (χ1v) is 6.75. The molecule has 0 N–H and O–H groups in total. The number of hydrogen-bond donors (Lipinski definition) is 0. The number of aromatic nitrogens is 2. The Hall–Kier alpha value is -1.52. The molecule has 1 heterocycles. The maximum absolute atomic E-state index is 12.2. The van der Waals surface area contributed by atoms with Crippen LogP contribution >= 0.6 is 0 Å². The normalized spacial score (nSPS) is 15.4. The van der Waals surface area contributed by atoms with Gasteiger partial charge in [0, 0.05) is 13.1 Å². The van der Waals surface area contributed by atoms with Crippen molar-refractivity contribution in [2.24, 2.45) is 7.05 Å². The van der Waals surface area contributed by atoms with Gasteiger partial charge in [-0.1, -0.05) is 0 Å². The van der Waals surface area contributed by atoms with Crippen molar-refractivity contribution in [2.45, 2.75) is 58.7 Å². The number of carbonyl (C=O) groups excluding carboxylic acids is 1. The third-order valence-corrected chi connectivity index (χ3v) is 3.05. The van der Waals surface area contributed by atoms with Crippen molar-refractivity contribution in [3.63, 3.8) is 0 Å². The predicted molar refractivity (Wildman–Crippen MR) is 72.7 cm³/mol. The fraction of sp³-hybridized carbons (Fsp3) is 0.714. The van der Waals surface area contributed by atoms with Crippen LogP contribution in [0.25, 0.3) is 0 Å². The quantitative estimate of drug-likeness (QED) is 0.844. The second kappa shape index (κ2) is 4.87. The van der Waals surface area contributed by atoms with E-state index < -0.39 is 5.60 Å². The van der Waals surface area contributed by atoms with E-state index in [2.05, 4.69) is 5.10 Å². The zero-order valence-corrected chi connectivity index (χ0v) is 12.4. The minimum atomic E-state index is -0.452. The van der Waals surface area contributed by atoms with E-state index in [0.717, 1.165) is 24.2 Å². The Bertz CT molecular complexity index is 470. The summed E-state index contributed by atoms with van der Waals surface area (Å²) in [5.74, 6) is 0. The van der Waals surface area contributed by atoms with Gasteiger partial charge in [-0.25, -0.2) is 4.79 Å². The van der Waals surface area contributed by atoms with E-state index in [1.807, 2.05) is 50.4 Å². The lowest BCUT2D eigenvalue weighted by Crippen LogP contribution is -2.38. The Kier molecular flexibility index (Phi) is 3.56. The molecule has 1 aromatic rings. The van der Waals surface area contributed by atoms with Crippen molar-refractivity contribution in [2.75, 3.05) is 0 Å². The molecule has 5 heteroatoms. The molecule has 2 rings (SSSR count). The fourth-order valence-electron chi connectivity index (χ4n) is 2.04. The molecule has 0 aliphatic heterocycles. The first-order chi connectivity index (χ1) is 8.76. The zero-order valence-electron chi connectivity index (χ0n) is 12.4. The van der Waals surface area contributed by atoms with E-state index in [0.29, 0.717) is 12.6 Å². The first kappa shape index (κ1) is 13.9. The summed E-state index contributed by atoms with van der Waals surface area (Å²) in [5, 5.41) is 4.32. The number of amides is 1. The number of aryl methyl sites for hydroxylation is 2. The van der Waals surface area contributed by atoms with Crippen LogP contribution in [-0.2, 0) is 18.3 Å². The van der Waals surface area contributed by atoms with Gasteiger partial charge in [0.25, 0.3) is 0 Å². The highest BCUT2D eigenvalue weighted by atomic mass is 16.6. The van der Waals surface area contributed by atoms with Crippen LogP contribution in [0.3, 0.4) is 0 Å². The Balaban J connectivity index is 2.08. The van der Waals surface area contributed by atoms with Crippen molar-refractivity contribution in [3.05, 3.63) is 17.5 Å². The maximum Gasteiger partial charge on any atom is 0.410 e. The first-order valence-electron chi connectivity index (χ1n) is 6.75. The van der Waals surface area contributed by atoms with E-state index in [1.165, 1.54) is 0 Å². The highest BCUT2D eigenvalue weighted by Gasteiger charge is 2.35. The van der Waals surface area contributed by atoms with Crippen LogP contribution in [0, 0.1) is 6.92 Å². The molecule has 1 saturated carbocycles. The molecule has 1 aromatic heterocycles. The van der Waals surface area contributed by atoms with Gasteiger partial charge in [-0.15, -0.1) is 0 Å². The fourth-order valence-corrected chi connectivity index (χ4v) is 2.04. The summed E-state index contributed by atoms with van der Waals surface area (Å²) in [4.78, 5) is 14.1. The smallest absolute Gasteiger partial charge is 0.410 e. The van der Waals surface area contributed by atoms with Gasteiger partial charge in [-0.2, -0.15) is 5.10 Å². The third-order valence-electron chi connectivity index (χ3n) is 3.05. The van der Waals surface area contributed by atoms with Crippen LogP contribution in [0.15, 0.2) is 6.07 Å². The predicted octanol–water partition coefficient (Wildman–Crippen LogP) is 2.63. The number of ether oxygens (including phenoxy) is 1. The van der Waals surface area contributed by atoms with Gasteiger partial charge in [-0.3, -0.25) is 9.58 Å². The summed E-state index contributed by atoms with van der Waals surface area (Å²) < 4.78 is 7.31. The lowest BCUT2D eigenvalue weighted by Gasteiger charge is -2.27. The molecule has 0 unspecified atom stereocenters. The number of rotatable bonds is 3. The van der Waals surface area contributed by atoms with Crippen molar-refractivity contribution in [1.82, 2.24) is 14.7 Å². The van der Waals surface area contributed by atoms with E-state index in [-0.39, 0.29) is 6.09 Å². The Morgan fingerprint density at radius 3 is 2.58 bits per heavy atom. The largest absolute Gasteiger partial charge is 0.444 e. The van der Waals surface area contributed by atoms with Gasteiger partial charge in [0.05, 0.1) is 17.9 Å². The van der Waals surface area contributed by atoms with E-state index in [1.54, 1.807) is 0 Å². The van der Waals surface area contributed by atoms with Gasteiger partial charge in [-0.05, 0) is 46.6 Å². The molecule has 1 amide bonds. The molecular formula is C14H23N3O2. The van der Waals surface area contributed by atoms with Crippen molar-refractivity contribution >= 4 is 6.09 Å². The van der Waals surface area contributed by atoms with Gasteiger partial charge in [0.15, 0.2) is 0 Å². The molecular weight excluding hydrogens is 242 g/mol. The molecule has 0 atom stereocenters. The van der Waals surface area contributed by atoms with Gasteiger partial charge < -0.3 is 4.74 Å². The number of hydrogen-bond acceptors (Lipinski definition) is 3. The zero-order chi connectivity index (χ0) is 14.2. The molecule has 0 saturated heterocycles. The molecule has 0 spiro atoms. The van der Waals surface area contributed by atoms with Gasteiger partial charge in [0.1, 0.15) is 5.60 Å². The highest BCUT2D eigenvalue weighted by molar-refractivity contribution is 5.69. The van der Waals surface area contributed by atoms with Crippen molar-refractivity contribution in [1.29, 1.82) is 0 Å². The van der Waals surface area contributed by atoms with Crippen LogP contribution in [-0.4, -0.2) is 32.4 Å². The molecule has 0 radical (unpaired) electrons. The Morgan fingerprint density at radius 2 is 2.16 bits per heavy atom. The van der Waals surface area contributed by atoms with Crippen LogP contribution in [0.2, 0.25) is 0 Å². The van der Waals surface area contributed by atoms with E-state index in [9.17, 15) is 4.79 Å². The summed E-state index contributed by atoms with van der Waals surface area (Å²) >= 11 is 0. The molecule has 0 aromatic carbocycles. The molecule has 106 valence electrons.